The summed E-state index contributed by atoms with van der Waals surface area (Å²) in [5, 5.41) is 12.9. The molecule has 0 spiro atoms. The van der Waals surface area contributed by atoms with Crippen LogP contribution in [0.4, 0.5) is 0 Å². The highest BCUT2D eigenvalue weighted by Gasteiger charge is 2.05. The molecule has 3 nitrogen and oxygen atoms in total. The largest absolute Gasteiger partial charge is 0.489 e. The molecule has 1 rings (SSSR count). The zero-order valence-electron chi connectivity index (χ0n) is 10.5. The summed E-state index contributed by atoms with van der Waals surface area (Å²) in [5.74, 6) is 0.709. The molecule has 0 radical (unpaired) electrons. The van der Waals surface area contributed by atoms with Crippen molar-refractivity contribution >= 4 is 11.6 Å². The van der Waals surface area contributed by atoms with Gasteiger partial charge >= 0.3 is 0 Å². The summed E-state index contributed by atoms with van der Waals surface area (Å²) in [6.45, 7) is 6.94. The Bertz CT molecular complexity index is 353. The van der Waals surface area contributed by atoms with Gasteiger partial charge in [-0.2, -0.15) is 0 Å². The first-order valence-electron chi connectivity index (χ1n) is 5.83. The zero-order valence-corrected chi connectivity index (χ0v) is 11.3. The van der Waals surface area contributed by atoms with E-state index in [-0.39, 0.29) is 12.2 Å². The highest BCUT2D eigenvalue weighted by molar-refractivity contribution is 6.32. The van der Waals surface area contributed by atoms with Crippen LogP contribution >= 0.6 is 11.6 Å². The summed E-state index contributed by atoms with van der Waals surface area (Å²) < 4.78 is 5.55. The molecule has 0 heterocycles. The van der Waals surface area contributed by atoms with E-state index in [4.69, 9.17) is 21.4 Å². The molecule has 0 saturated carbocycles. The van der Waals surface area contributed by atoms with E-state index < -0.39 is 0 Å². The highest BCUT2D eigenvalue weighted by atomic mass is 35.5. The lowest BCUT2D eigenvalue weighted by atomic mass is 10.2. The number of rotatable bonds is 6. The number of aliphatic hydroxyl groups excluding tert-OH is 1. The molecule has 1 atom stereocenters. The second kappa shape index (κ2) is 6.84. The van der Waals surface area contributed by atoms with Crippen LogP contribution in [0.1, 0.15) is 26.3 Å². The average molecular weight is 258 g/mol. The molecule has 4 heteroatoms. The minimum atomic E-state index is -0.339. The molecule has 0 aromatic heterocycles. The first-order valence-corrected chi connectivity index (χ1v) is 6.20. The fraction of sp³-hybridized carbons (Fsp3) is 0.538. The van der Waals surface area contributed by atoms with Crippen LogP contribution in [-0.2, 0) is 6.54 Å². The first-order chi connectivity index (χ1) is 7.99. The minimum Gasteiger partial charge on any atom is -0.489 e. The van der Waals surface area contributed by atoms with Crippen molar-refractivity contribution in [2.24, 2.45) is 0 Å². The van der Waals surface area contributed by atoms with Gasteiger partial charge in [-0.25, -0.2) is 0 Å². The van der Waals surface area contributed by atoms with E-state index in [1.54, 1.807) is 6.92 Å². The van der Waals surface area contributed by atoms with Crippen molar-refractivity contribution in [1.82, 2.24) is 5.32 Å². The number of nitrogens with one attached hydrogen (secondary N) is 1. The summed E-state index contributed by atoms with van der Waals surface area (Å²) in [6.07, 6.45) is -0.222. The van der Waals surface area contributed by atoms with Crippen molar-refractivity contribution in [3.8, 4) is 5.75 Å². The molecule has 0 fully saturated rings. The van der Waals surface area contributed by atoms with Crippen LogP contribution in [0.2, 0.25) is 5.02 Å². The van der Waals surface area contributed by atoms with Crippen LogP contribution in [0.5, 0.6) is 5.75 Å². The summed E-state index contributed by atoms with van der Waals surface area (Å²) in [7, 11) is 0. The molecule has 0 aliphatic heterocycles. The average Bonchev–Trinajstić information content (AvgIpc) is 2.21. The molecule has 0 amide bonds. The number of ether oxygens (including phenoxy) is 1. The lowest BCUT2D eigenvalue weighted by Crippen LogP contribution is -2.23. The zero-order chi connectivity index (χ0) is 12.8. The van der Waals surface area contributed by atoms with E-state index >= 15 is 0 Å². The molecule has 0 aliphatic carbocycles. The van der Waals surface area contributed by atoms with Crippen LogP contribution in [0.25, 0.3) is 0 Å². The van der Waals surface area contributed by atoms with Crippen molar-refractivity contribution in [3.05, 3.63) is 28.8 Å². The van der Waals surface area contributed by atoms with E-state index in [9.17, 15) is 0 Å². The summed E-state index contributed by atoms with van der Waals surface area (Å²) in [5.41, 5.74) is 1.08. The van der Waals surface area contributed by atoms with Gasteiger partial charge in [0.25, 0.3) is 0 Å². The summed E-state index contributed by atoms with van der Waals surface area (Å²) in [4.78, 5) is 0. The van der Waals surface area contributed by atoms with E-state index in [1.807, 2.05) is 32.0 Å². The second-order valence-corrected chi connectivity index (χ2v) is 4.82. The topological polar surface area (TPSA) is 41.5 Å². The van der Waals surface area contributed by atoms with Gasteiger partial charge in [-0.1, -0.05) is 17.7 Å². The number of benzene rings is 1. The molecule has 1 aromatic carbocycles. The number of hydrogen-bond acceptors (Lipinski definition) is 3. The monoisotopic (exact) mass is 257 g/mol. The molecule has 96 valence electrons. The van der Waals surface area contributed by atoms with Crippen LogP contribution in [0.3, 0.4) is 0 Å². The van der Waals surface area contributed by atoms with Crippen LogP contribution in [0, 0.1) is 0 Å². The lowest BCUT2D eigenvalue weighted by molar-refractivity contribution is 0.191. The van der Waals surface area contributed by atoms with Gasteiger partial charge in [0.15, 0.2) is 0 Å². The molecule has 17 heavy (non-hydrogen) atoms. The second-order valence-electron chi connectivity index (χ2n) is 4.41. The predicted octanol–water partition coefficient (Wildman–Crippen LogP) is 2.60. The molecule has 1 aromatic rings. The third kappa shape index (κ3) is 5.39. The van der Waals surface area contributed by atoms with E-state index in [1.165, 1.54) is 0 Å². The van der Waals surface area contributed by atoms with E-state index in [0.717, 1.165) is 5.56 Å². The maximum atomic E-state index is 9.12. The predicted molar refractivity (Wildman–Crippen MR) is 70.6 cm³/mol. The van der Waals surface area contributed by atoms with Gasteiger partial charge in [0.1, 0.15) is 5.75 Å². The Labute approximate surface area is 108 Å². The Morgan fingerprint density at radius 3 is 2.59 bits per heavy atom. The summed E-state index contributed by atoms with van der Waals surface area (Å²) >= 11 is 6.11. The normalized spacial score (nSPS) is 12.8. The van der Waals surface area contributed by atoms with Crippen LogP contribution < -0.4 is 10.1 Å². The molecule has 2 N–H and O–H groups in total. The van der Waals surface area contributed by atoms with Crippen molar-refractivity contribution in [3.63, 3.8) is 0 Å². The lowest BCUT2D eigenvalue weighted by Gasteiger charge is -2.13. The third-order valence-corrected chi connectivity index (χ3v) is 2.42. The van der Waals surface area contributed by atoms with Crippen LogP contribution in [-0.4, -0.2) is 23.9 Å². The Balaban J connectivity index is 2.56. The van der Waals surface area contributed by atoms with Gasteiger partial charge < -0.3 is 15.2 Å². The van der Waals surface area contributed by atoms with Crippen molar-refractivity contribution in [2.45, 2.75) is 39.5 Å². The van der Waals surface area contributed by atoms with Gasteiger partial charge in [-0.3, -0.25) is 0 Å². The Kier molecular flexibility index (Phi) is 5.75. The summed E-state index contributed by atoms with van der Waals surface area (Å²) in [6, 6.07) is 5.73. The first kappa shape index (κ1) is 14.3. The van der Waals surface area contributed by atoms with Gasteiger partial charge in [0.05, 0.1) is 17.2 Å². The SMILES string of the molecule is CC(C)Oc1ccc(CNC[C@H](C)O)cc1Cl. The standard InChI is InChI=1S/C13H20ClNO2/c1-9(2)17-13-5-4-11(6-12(13)14)8-15-7-10(3)16/h4-6,9-10,15-16H,7-8H2,1-3H3/t10-/m0/s1. The molecule has 0 aliphatic rings. The van der Waals surface area contributed by atoms with E-state index in [0.29, 0.717) is 23.9 Å². The molecular formula is C13H20ClNO2. The van der Waals surface area contributed by atoms with E-state index in [2.05, 4.69) is 5.32 Å². The fourth-order valence-corrected chi connectivity index (χ4v) is 1.68. The Morgan fingerprint density at radius 1 is 1.35 bits per heavy atom. The van der Waals surface area contributed by atoms with Crippen molar-refractivity contribution < 1.29 is 9.84 Å². The van der Waals surface area contributed by atoms with Gasteiger partial charge in [-0.05, 0) is 38.5 Å². The maximum absolute atomic E-state index is 9.12. The maximum Gasteiger partial charge on any atom is 0.138 e. The smallest absolute Gasteiger partial charge is 0.138 e. The van der Waals surface area contributed by atoms with Gasteiger partial charge in [0.2, 0.25) is 0 Å². The Hall–Kier alpha value is -0.770. The fourth-order valence-electron chi connectivity index (χ4n) is 1.43. The highest BCUT2D eigenvalue weighted by Crippen LogP contribution is 2.26. The molecule has 0 unspecified atom stereocenters. The van der Waals surface area contributed by atoms with Crippen LogP contribution in [0.15, 0.2) is 18.2 Å². The third-order valence-electron chi connectivity index (χ3n) is 2.13. The number of hydrogen-bond donors (Lipinski definition) is 2. The quantitative estimate of drug-likeness (QED) is 0.823. The molecular weight excluding hydrogens is 238 g/mol. The van der Waals surface area contributed by atoms with Gasteiger partial charge in [-0.15, -0.1) is 0 Å². The Morgan fingerprint density at radius 2 is 2.06 bits per heavy atom. The van der Waals surface area contributed by atoms with Crippen molar-refractivity contribution in [2.75, 3.05) is 6.54 Å². The molecule has 0 saturated heterocycles. The number of aliphatic hydroxyl groups is 1. The molecule has 0 bridgehead atoms. The number of halogens is 1. The van der Waals surface area contributed by atoms with Crippen molar-refractivity contribution in [1.29, 1.82) is 0 Å². The van der Waals surface area contributed by atoms with Gasteiger partial charge in [0, 0.05) is 13.1 Å². The minimum absolute atomic E-state index is 0.117.